The van der Waals surface area contributed by atoms with Crippen molar-refractivity contribution in [2.45, 2.75) is 25.9 Å². The van der Waals surface area contributed by atoms with Gasteiger partial charge in [-0.3, -0.25) is 9.69 Å². The van der Waals surface area contributed by atoms with Gasteiger partial charge in [0.15, 0.2) is 0 Å². The van der Waals surface area contributed by atoms with Gasteiger partial charge in [0, 0.05) is 18.0 Å². The molecule has 5 rings (SSSR count). The van der Waals surface area contributed by atoms with Gasteiger partial charge in [0.1, 0.15) is 12.4 Å². The van der Waals surface area contributed by atoms with Crippen LogP contribution in [0.1, 0.15) is 29.0 Å². The van der Waals surface area contributed by atoms with Gasteiger partial charge in [-0.1, -0.05) is 72.4 Å². The van der Waals surface area contributed by atoms with Crippen LogP contribution in [0.5, 0.6) is 5.75 Å². The smallest absolute Gasteiger partial charge is 0.229 e. The summed E-state index contributed by atoms with van der Waals surface area (Å²) < 4.78 is 5.90. The molecule has 1 saturated heterocycles. The van der Waals surface area contributed by atoms with Crippen LogP contribution in [0.25, 0.3) is 0 Å². The zero-order valence-corrected chi connectivity index (χ0v) is 19.8. The van der Waals surface area contributed by atoms with Crippen LogP contribution in [0.2, 0.25) is 0 Å². The average Bonchev–Trinajstić information content (AvgIpc) is 2.88. The van der Waals surface area contributed by atoms with E-state index in [-0.39, 0.29) is 11.8 Å². The lowest BCUT2D eigenvalue weighted by atomic mass is 9.86. The molecule has 3 aromatic rings. The molecule has 1 unspecified atom stereocenters. The zero-order valence-electron chi connectivity index (χ0n) is 19.0. The number of anilines is 1. The fourth-order valence-electron chi connectivity index (χ4n) is 4.46. The van der Waals surface area contributed by atoms with Crippen LogP contribution in [0.4, 0.5) is 5.69 Å². The van der Waals surface area contributed by atoms with Crippen molar-refractivity contribution < 1.29 is 9.53 Å². The predicted octanol–water partition coefficient (Wildman–Crippen LogP) is 5.79. The minimum atomic E-state index is -0.232. The Morgan fingerprint density at radius 2 is 1.76 bits per heavy atom. The fraction of sp³-hybridized carbons (Fsp3) is 0.214. The molecule has 2 heterocycles. The quantitative estimate of drug-likeness (QED) is 0.475. The van der Waals surface area contributed by atoms with Crippen LogP contribution in [0.3, 0.4) is 0 Å². The third kappa shape index (κ3) is 4.40. The molecule has 5 nitrogen and oxygen atoms in total. The summed E-state index contributed by atoms with van der Waals surface area (Å²) in [6.45, 7) is 3.04. The van der Waals surface area contributed by atoms with Gasteiger partial charge in [0.2, 0.25) is 5.91 Å². The van der Waals surface area contributed by atoms with E-state index in [2.05, 4.69) is 30.0 Å². The maximum absolute atomic E-state index is 13.2. The van der Waals surface area contributed by atoms with Crippen molar-refractivity contribution in [1.82, 2.24) is 4.90 Å². The summed E-state index contributed by atoms with van der Waals surface area (Å²) in [4.78, 5) is 17.1. The predicted molar refractivity (Wildman–Crippen MR) is 135 cm³/mol. The Morgan fingerprint density at radius 3 is 2.50 bits per heavy atom. The molecule has 0 aromatic heterocycles. The van der Waals surface area contributed by atoms with E-state index in [0.717, 1.165) is 27.6 Å². The third-order valence-corrected chi connectivity index (χ3v) is 7.43. The van der Waals surface area contributed by atoms with Crippen molar-refractivity contribution in [2.75, 3.05) is 17.4 Å². The summed E-state index contributed by atoms with van der Waals surface area (Å²) in [5, 5.41) is 10.8. The molecule has 0 aliphatic carbocycles. The molecule has 0 bridgehead atoms. The first kappa shape index (κ1) is 22.1. The topological polar surface area (TPSA) is 56.6 Å². The molecule has 0 N–H and O–H groups in total. The highest BCUT2D eigenvalue weighted by Crippen LogP contribution is 2.43. The van der Waals surface area contributed by atoms with Crippen LogP contribution in [-0.2, 0) is 11.4 Å². The number of fused-ring (bicyclic) bond motifs is 1. The number of carbonyl (C=O) groups is 1. The SMILES string of the molecule is Cc1ccccc1N1CSC2=C(C#N)C(c3ccc(OCc4ccccc4)cc3)CC(=O)N2C1. The Morgan fingerprint density at radius 1 is 1.03 bits per heavy atom. The maximum atomic E-state index is 13.2. The van der Waals surface area contributed by atoms with Gasteiger partial charge in [0.25, 0.3) is 0 Å². The molecule has 34 heavy (non-hydrogen) atoms. The van der Waals surface area contributed by atoms with Gasteiger partial charge >= 0.3 is 0 Å². The van der Waals surface area contributed by atoms with E-state index < -0.39 is 0 Å². The van der Waals surface area contributed by atoms with Crippen LogP contribution in [0.15, 0.2) is 89.5 Å². The number of nitrogens with zero attached hydrogens (tertiary/aromatic N) is 3. The van der Waals surface area contributed by atoms with Crippen molar-refractivity contribution >= 4 is 23.4 Å². The Labute approximate surface area is 204 Å². The summed E-state index contributed by atoms with van der Waals surface area (Å²) in [6, 6.07) is 28.4. The summed E-state index contributed by atoms with van der Waals surface area (Å²) in [6.07, 6.45) is 0.290. The van der Waals surface area contributed by atoms with Crippen LogP contribution < -0.4 is 9.64 Å². The van der Waals surface area contributed by atoms with Crippen molar-refractivity contribution in [1.29, 1.82) is 5.26 Å². The van der Waals surface area contributed by atoms with Gasteiger partial charge in [-0.05, 0) is 41.8 Å². The zero-order chi connectivity index (χ0) is 23.5. The maximum Gasteiger partial charge on any atom is 0.229 e. The molecule has 1 fully saturated rings. The van der Waals surface area contributed by atoms with Gasteiger partial charge in [-0.15, -0.1) is 0 Å². The lowest BCUT2D eigenvalue weighted by Crippen LogP contribution is -2.47. The second-order valence-electron chi connectivity index (χ2n) is 8.49. The highest BCUT2D eigenvalue weighted by Gasteiger charge is 2.38. The van der Waals surface area contributed by atoms with Gasteiger partial charge in [-0.25, -0.2) is 0 Å². The third-order valence-electron chi connectivity index (χ3n) is 6.28. The van der Waals surface area contributed by atoms with Crippen molar-refractivity contribution in [3.05, 3.63) is 106 Å². The van der Waals surface area contributed by atoms with Crippen molar-refractivity contribution in [3.8, 4) is 11.8 Å². The minimum absolute atomic E-state index is 0.0502. The Balaban J connectivity index is 1.34. The summed E-state index contributed by atoms with van der Waals surface area (Å²) in [5.74, 6) is 1.29. The Hall–Kier alpha value is -3.69. The molecule has 170 valence electrons. The Bertz CT molecular complexity index is 1260. The number of thioether (sulfide) groups is 1. The summed E-state index contributed by atoms with van der Waals surface area (Å²) in [5.41, 5.74) is 5.04. The molecule has 0 saturated carbocycles. The summed E-state index contributed by atoms with van der Waals surface area (Å²) >= 11 is 1.57. The van der Waals surface area contributed by atoms with Gasteiger partial charge in [-0.2, -0.15) is 5.26 Å². The standard InChI is InChI=1S/C28H25N3O2S/c1-20-7-5-6-10-26(20)30-18-31-27(32)15-24(25(16-29)28(31)34-19-30)22-11-13-23(14-12-22)33-17-21-8-3-2-4-9-21/h2-14,24H,15,17-19H2,1H3. The first-order chi connectivity index (χ1) is 16.6. The number of hydrogen-bond donors (Lipinski definition) is 0. The molecule has 0 spiro atoms. The number of allylic oxidation sites excluding steroid dienone is 1. The molecule has 1 amide bonds. The average molecular weight is 468 g/mol. The number of carbonyl (C=O) groups excluding carboxylic acids is 1. The number of benzene rings is 3. The molecule has 3 aromatic carbocycles. The van der Waals surface area contributed by atoms with E-state index in [1.165, 1.54) is 5.56 Å². The van der Waals surface area contributed by atoms with E-state index >= 15 is 0 Å². The number of aryl methyl sites for hydroxylation is 1. The first-order valence-electron chi connectivity index (χ1n) is 11.3. The molecule has 0 radical (unpaired) electrons. The van der Waals surface area contributed by atoms with E-state index in [4.69, 9.17) is 4.74 Å². The molecule has 2 aliphatic heterocycles. The second-order valence-corrected chi connectivity index (χ2v) is 9.43. The second kappa shape index (κ2) is 9.66. The van der Waals surface area contributed by atoms with E-state index in [1.807, 2.05) is 66.7 Å². The number of nitriles is 1. The normalized spacial score (nSPS) is 17.9. The monoisotopic (exact) mass is 467 g/mol. The number of ether oxygens (including phenoxy) is 1. The van der Waals surface area contributed by atoms with Gasteiger partial charge in [0.05, 0.1) is 29.2 Å². The molecule has 2 aliphatic rings. The van der Waals surface area contributed by atoms with Crippen LogP contribution in [0, 0.1) is 18.3 Å². The largest absolute Gasteiger partial charge is 0.489 e. The van der Waals surface area contributed by atoms with Gasteiger partial charge < -0.3 is 9.64 Å². The highest BCUT2D eigenvalue weighted by atomic mass is 32.2. The molecule has 1 atom stereocenters. The molecular formula is C28H25N3O2S. The number of para-hydroxylation sites is 1. The summed E-state index contributed by atoms with van der Waals surface area (Å²) in [7, 11) is 0. The van der Waals surface area contributed by atoms with E-state index in [9.17, 15) is 10.1 Å². The minimum Gasteiger partial charge on any atom is -0.489 e. The lowest BCUT2D eigenvalue weighted by molar-refractivity contribution is -0.129. The lowest BCUT2D eigenvalue weighted by Gasteiger charge is -2.42. The van der Waals surface area contributed by atoms with Crippen LogP contribution in [-0.4, -0.2) is 23.4 Å². The number of rotatable bonds is 5. The van der Waals surface area contributed by atoms with Crippen molar-refractivity contribution in [2.24, 2.45) is 0 Å². The Kier molecular flexibility index (Phi) is 6.29. The highest BCUT2D eigenvalue weighted by molar-refractivity contribution is 8.03. The molecule has 6 heteroatoms. The van der Waals surface area contributed by atoms with Crippen molar-refractivity contribution in [3.63, 3.8) is 0 Å². The number of amides is 1. The van der Waals surface area contributed by atoms with E-state index in [0.29, 0.717) is 31.1 Å². The first-order valence-corrected chi connectivity index (χ1v) is 12.3. The van der Waals surface area contributed by atoms with E-state index in [1.54, 1.807) is 16.7 Å². The molecular weight excluding hydrogens is 442 g/mol. The fourth-order valence-corrected chi connectivity index (χ4v) is 5.61. The number of hydrogen-bond acceptors (Lipinski definition) is 5. The van der Waals surface area contributed by atoms with Crippen LogP contribution >= 0.6 is 11.8 Å².